The van der Waals surface area contributed by atoms with Crippen LogP contribution in [0.1, 0.15) is 50.4 Å². The lowest BCUT2D eigenvalue weighted by Gasteiger charge is -2.37. The number of benzene rings is 2. The Bertz CT molecular complexity index is 1270. The van der Waals surface area contributed by atoms with Crippen molar-refractivity contribution < 1.29 is 23.8 Å². The van der Waals surface area contributed by atoms with Crippen molar-refractivity contribution in [2.75, 3.05) is 20.8 Å². The van der Waals surface area contributed by atoms with Crippen molar-refractivity contribution in [3.63, 3.8) is 0 Å². The maximum atomic E-state index is 13.2. The minimum atomic E-state index is -0.614. The number of nitrogens with zero attached hydrogens (tertiary/aromatic N) is 2. The van der Waals surface area contributed by atoms with Gasteiger partial charge in [0.05, 0.1) is 50.6 Å². The third kappa shape index (κ3) is 5.36. The lowest BCUT2D eigenvalue weighted by Crippen LogP contribution is -2.38. The minimum absolute atomic E-state index is 0.112. The van der Waals surface area contributed by atoms with E-state index in [0.717, 1.165) is 11.3 Å². The van der Waals surface area contributed by atoms with Crippen LogP contribution >= 0.6 is 11.8 Å². The van der Waals surface area contributed by atoms with Crippen LogP contribution in [0.3, 0.4) is 0 Å². The fourth-order valence-electron chi connectivity index (χ4n) is 4.54. The molecule has 9 heteroatoms. The van der Waals surface area contributed by atoms with Crippen molar-refractivity contribution in [2.24, 2.45) is 4.99 Å². The number of carbonyl (C=O) groups is 2. The van der Waals surface area contributed by atoms with E-state index < -0.39 is 12.0 Å². The summed E-state index contributed by atoms with van der Waals surface area (Å²) in [6.45, 7) is 5.74. The molecule has 0 fully saturated rings. The van der Waals surface area contributed by atoms with Crippen molar-refractivity contribution in [3.05, 3.63) is 82.0 Å². The molecular weight excluding hydrogens is 490 g/mol. The molecule has 0 unspecified atom stereocenters. The number of hydrogen-bond acceptors (Lipinski definition) is 8. The zero-order valence-corrected chi connectivity index (χ0v) is 22.4. The summed E-state index contributed by atoms with van der Waals surface area (Å²) in [7, 11) is 3.13. The summed E-state index contributed by atoms with van der Waals surface area (Å²) < 4.78 is 16.7. The highest BCUT2D eigenvalue weighted by atomic mass is 32.2. The van der Waals surface area contributed by atoms with E-state index in [1.165, 1.54) is 11.8 Å². The number of thioether (sulfide) groups is 1. The minimum Gasteiger partial charge on any atom is -0.493 e. The molecule has 0 saturated heterocycles. The van der Waals surface area contributed by atoms with Crippen LogP contribution in [0, 0.1) is 0 Å². The third-order valence-electron chi connectivity index (χ3n) is 6.24. The molecular formula is C28H31N3O5S. The molecule has 0 radical (unpaired) electrons. The van der Waals surface area contributed by atoms with Gasteiger partial charge in [-0.3, -0.25) is 4.79 Å². The largest absolute Gasteiger partial charge is 0.493 e. The zero-order valence-electron chi connectivity index (χ0n) is 21.6. The first-order chi connectivity index (χ1) is 17.9. The summed E-state index contributed by atoms with van der Waals surface area (Å²) in [5.41, 5.74) is 3.41. The highest BCUT2D eigenvalue weighted by Crippen LogP contribution is 2.48. The number of para-hydroxylation sites is 1. The first kappa shape index (κ1) is 26.3. The molecule has 0 saturated carbocycles. The van der Waals surface area contributed by atoms with Crippen LogP contribution in [0.2, 0.25) is 0 Å². The summed E-state index contributed by atoms with van der Waals surface area (Å²) in [6.07, 6.45) is 0.112. The predicted molar refractivity (Wildman–Crippen MR) is 144 cm³/mol. The molecule has 2 heterocycles. The lowest BCUT2D eigenvalue weighted by atomic mass is 9.92. The molecule has 0 spiro atoms. The number of nitrogens with one attached hydrogen (secondary N) is 1. The van der Waals surface area contributed by atoms with Crippen LogP contribution in [0.5, 0.6) is 11.5 Å². The van der Waals surface area contributed by atoms with E-state index in [2.05, 4.69) is 5.32 Å². The maximum absolute atomic E-state index is 13.2. The molecule has 2 aromatic rings. The Balaban J connectivity index is 1.70. The Kier molecular flexibility index (Phi) is 8.23. The van der Waals surface area contributed by atoms with Crippen LogP contribution in [-0.4, -0.2) is 42.8 Å². The van der Waals surface area contributed by atoms with Gasteiger partial charge in [0, 0.05) is 11.3 Å². The standard InChI is InChI=1S/C28H31N3O5S/c1-6-36-27(33)24-18(3)30-28-31(25(24)21-13-10-14-22(34-4)26(21)35-5)20(16-37-28)15-23(32)29-17(2)19-11-8-7-9-12-19/h7-14,16-17,25H,6,15H2,1-5H3,(H,29,32)/t17-,25-/m1/s1. The number of esters is 1. The summed E-state index contributed by atoms with van der Waals surface area (Å²) >= 11 is 1.42. The van der Waals surface area contributed by atoms with Crippen LogP contribution in [0.15, 0.2) is 75.9 Å². The van der Waals surface area contributed by atoms with E-state index in [9.17, 15) is 9.59 Å². The number of rotatable bonds is 9. The van der Waals surface area contributed by atoms with Gasteiger partial charge in [0.25, 0.3) is 0 Å². The number of carbonyl (C=O) groups excluding carboxylic acids is 2. The molecule has 4 rings (SSSR count). The molecule has 2 aliphatic heterocycles. The van der Waals surface area contributed by atoms with Crippen molar-refractivity contribution in [1.82, 2.24) is 10.2 Å². The van der Waals surface area contributed by atoms with Crippen LogP contribution in [0.4, 0.5) is 0 Å². The van der Waals surface area contributed by atoms with E-state index >= 15 is 0 Å². The Morgan fingerprint density at radius 3 is 2.54 bits per heavy atom. The molecule has 1 amide bonds. The number of allylic oxidation sites excluding steroid dienone is 1. The van der Waals surface area contributed by atoms with Gasteiger partial charge in [-0.05, 0) is 37.8 Å². The fraction of sp³-hybridized carbons (Fsp3) is 0.321. The van der Waals surface area contributed by atoms with E-state index in [1.807, 2.05) is 59.7 Å². The fourth-order valence-corrected chi connectivity index (χ4v) is 5.51. The first-order valence-electron chi connectivity index (χ1n) is 12.1. The second-order valence-corrected chi connectivity index (χ2v) is 9.41. The van der Waals surface area contributed by atoms with Crippen molar-refractivity contribution >= 4 is 28.8 Å². The molecule has 37 heavy (non-hydrogen) atoms. The Morgan fingerprint density at radius 1 is 1.11 bits per heavy atom. The van der Waals surface area contributed by atoms with Gasteiger partial charge in [0.2, 0.25) is 5.91 Å². The summed E-state index contributed by atoms with van der Waals surface area (Å²) in [5, 5.41) is 5.66. The second-order valence-electron chi connectivity index (χ2n) is 8.57. The number of aliphatic imine (C=N–C) groups is 1. The molecule has 1 N–H and O–H groups in total. The highest BCUT2D eigenvalue weighted by molar-refractivity contribution is 8.16. The molecule has 8 nitrogen and oxygen atoms in total. The normalized spacial score (nSPS) is 17.4. The van der Waals surface area contributed by atoms with Gasteiger partial charge < -0.3 is 24.4 Å². The van der Waals surface area contributed by atoms with Gasteiger partial charge in [0.15, 0.2) is 16.7 Å². The van der Waals surface area contributed by atoms with Crippen molar-refractivity contribution in [1.29, 1.82) is 0 Å². The first-order valence-corrected chi connectivity index (χ1v) is 12.9. The van der Waals surface area contributed by atoms with E-state index in [1.54, 1.807) is 34.1 Å². The van der Waals surface area contributed by atoms with Gasteiger partial charge in [-0.25, -0.2) is 9.79 Å². The third-order valence-corrected chi connectivity index (χ3v) is 7.13. The Morgan fingerprint density at radius 2 is 1.86 bits per heavy atom. The lowest BCUT2D eigenvalue weighted by molar-refractivity contribution is -0.139. The number of amidine groups is 1. The monoisotopic (exact) mass is 521 g/mol. The van der Waals surface area contributed by atoms with Gasteiger partial charge in [0.1, 0.15) is 0 Å². The van der Waals surface area contributed by atoms with Gasteiger partial charge in [-0.1, -0.05) is 54.2 Å². The highest BCUT2D eigenvalue weighted by Gasteiger charge is 2.42. The number of amides is 1. The SMILES string of the molecule is CCOC(=O)C1=C(C)N=C2SC=C(CC(=O)N[C@H](C)c3ccccc3)N2[C@@H]1c1cccc(OC)c1OC. The molecule has 2 atom stereocenters. The van der Waals surface area contributed by atoms with Gasteiger partial charge >= 0.3 is 5.97 Å². The maximum Gasteiger partial charge on any atom is 0.338 e. The molecule has 2 aromatic carbocycles. The number of fused-ring (bicyclic) bond motifs is 1. The second kappa shape index (κ2) is 11.6. The van der Waals surface area contributed by atoms with Crippen LogP contribution in [0.25, 0.3) is 0 Å². The smallest absolute Gasteiger partial charge is 0.338 e. The van der Waals surface area contributed by atoms with E-state index in [0.29, 0.717) is 33.5 Å². The van der Waals surface area contributed by atoms with Crippen molar-refractivity contribution in [3.8, 4) is 11.5 Å². The quantitative estimate of drug-likeness (QED) is 0.459. The average molecular weight is 522 g/mol. The van der Waals surface area contributed by atoms with Crippen LogP contribution < -0.4 is 14.8 Å². The molecule has 0 aromatic heterocycles. The number of methoxy groups -OCH3 is 2. The van der Waals surface area contributed by atoms with E-state index in [-0.39, 0.29) is 25.0 Å². The predicted octanol–water partition coefficient (Wildman–Crippen LogP) is 5.11. The topological polar surface area (TPSA) is 89.5 Å². The summed E-state index contributed by atoms with van der Waals surface area (Å²) in [4.78, 5) is 33.0. The Labute approximate surface area is 221 Å². The number of ether oxygens (including phenoxy) is 3. The molecule has 2 aliphatic rings. The molecule has 0 aliphatic carbocycles. The van der Waals surface area contributed by atoms with E-state index in [4.69, 9.17) is 19.2 Å². The van der Waals surface area contributed by atoms with Crippen LogP contribution in [-0.2, 0) is 14.3 Å². The summed E-state index contributed by atoms with van der Waals surface area (Å²) in [5.74, 6) is 0.446. The molecule has 194 valence electrons. The van der Waals surface area contributed by atoms with Crippen molar-refractivity contribution in [2.45, 2.75) is 39.3 Å². The van der Waals surface area contributed by atoms with Gasteiger partial charge in [-0.15, -0.1) is 0 Å². The Hall–Kier alpha value is -3.72. The zero-order chi connectivity index (χ0) is 26.5. The average Bonchev–Trinajstić information content (AvgIpc) is 3.29. The van der Waals surface area contributed by atoms with Gasteiger partial charge in [-0.2, -0.15) is 0 Å². The number of hydrogen-bond donors (Lipinski definition) is 1. The summed E-state index contributed by atoms with van der Waals surface area (Å²) in [6, 6.07) is 14.6. The molecule has 0 bridgehead atoms.